The van der Waals surface area contributed by atoms with Crippen LogP contribution in [0.3, 0.4) is 0 Å². The van der Waals surface area contributed by atoms with E-state index >= 15 is 0 Å². The molecule has 1 fully saturated rings. The molecular formula is C11H18ClN3. The van der Waals surface area contributed by atoms with Gasteiger partial charge < -0.3 is 10.6 Å². The van der Waals surface area contributed by atoms with Crippen molar-refractivity contribution in [3.8, 4) is 0 Å². The lowest BCUT2D eigenvalue weighted by Gasteiger charge is -2.14. The van der Waals surface area contributed by atoms with Gasteiger partial charge in [-0.3, -0.25) is 0 Å². The fourth-order valence-corrected chi connectivity index (χ4v) is 1.83. The third kappa shape index (κ3) is 3.08. The Hall–Kier alpha value is -0.800. The fourth-order valence-electron chi connectivity index (χ4n) is 1.83. The number of pyridine rings is 1. The normalized spacial score (nSPS) is 19.7. The molecule has 0 bridgehead atoms. The van der Waals surface area contributed by atoms with Crippen LogP contribution in [0, 0.1) is 0 Å². The van der Waals surface area contributed by atoms with Crippen molar-refractivity contribution < 1.29 is 0 Å². The molecular weight excluding hydrogens is 210 g/mol. The summed E-state index contributed by atoms with van der Waals surface area (Å²) < 4.78 is 0. The molecule has 2 rings (SSSR count). The molecule has 0 amide bonds. The van der Waals surface area contributed by atoms with Gasteiger partial charge in [0.05, 0.1) is 0 Å². The average Bonchev–Trinajstić information content (AvgIpc) is 2.71. The van der Waals surface area contributed by atoms with E-state index in [9.17, 15) is 0 Å². The van der Waals surface area contributed by atoms with E-state index in [1.165, 1.54) is 12.0 Å². The molecule has 2 N–H and O–H groups in total. The molecule has 0 aromatic carbocycles. The van der Waals surface area contributed by atoms with Crippen LogP contribution in [-0.4, -0.2) is 24.1 Å². The smallest absolute Gasteiger partial charge is 0.129 e. The van der Waals surface area contributed by atoms with Crippen molar-refractivity contribution in [3.63, 3.8) is 0 Å². The quantitative estimate of drug-likeness (QED) is 0.828. The summed E-state index contributed by atoms with van der Waals surface area (Å²) >= 11 is 0. The molecule has 3 nitrogen and oxygen atoms in total. The Morgan fingerprint density at radius 1 is 1.60 bits per heavy atom. The van der Waals surface area contributed by atoms with E-state index in [2.05, 4.69) is 28.6 Å². The summed E-state index contributed by atoms with van der Waals surface area (Å²) in [5.41, 5.74) is 1.31. The van der Waals surface area contributed by atoms with Crippen LogP contribution < -0.4 is 10.6 Å². The number of hydrogen-bond acceptors (Lipinski definition) is 3. The van der Waals surface area contributed by atoms with Gasteiger partial charge in [-0.15, -0.1) is 12.4 Å². The van der Waals surface area contributed by atoms with Crippen molar-refractivity contribution >= 4 is 18.2 Å². The average molecular weight is 228 g/mol. The fraction of sp³-hybridized carbons (Fsp3) is 0.545. The summed E-state index contributed by atoms with van der Waals surface area (Å²) in [5, 5.41) is 6.83. The van der Waals surface area contributed by atoms with Crippen LogP contribution in [0.5, 0.6) is 0 Å². The Morgan fingerprint density at radius 3 is 3.13 bits per heavy atom. The second-order valence-electron chi connectivity index (χ2n) is 3.70. The Labute approximate surface area is 97.1 Å². The number of aryl methyl sites for hydroxylation is 1. The predicted molar refractivity (Wildman–Crippen MR) is 65.8 cm³/mol. The summed E-state index contributed by atoms with van der Waals surface area (Å²) in [6.45, 7) is 4.33. The predicted octanol–water partition coefficient (Wildman–Crippen LogP) is 1.84. The highest BCUT2D eigenvalue weighted by Crippen LogP contribution is 2.14. The second-order valence-corrected chi connectivity index (χ2v) is 3.70. The van der Waals surface area contributed by atoms with Gasteiger partial charge in [0.2, 0.25) is 0 Å². The molecule has 1 unspecified atom stereocenters. The lowest BCUT2D eigenvalue weighted by atomic mass is 10.2. The van der Waals surface area contributed by atoms with E-state index in [0.29, 0.717) is 6.04 Å². The Bertz CT molecular complexity index is 298. The minimum atomic E-state index is 0. The van der Waals surface area contributed by atoms with Gasteiger partial charge in [0.15, 0.2) is 0 Å². The molecule has 0 saturated carbocycles. The zero-order chi connectivity index (χ0) is 9.80. The van der Waals surface area contributed by atoms with Gasteiger partial charge in [0.25, 0.3) is 0 Å². The molecule has 1 aromatic heterocycles. The molecule has 15 heavy (non-hydrogen) atoms. The third-order valence-corrected chi connectivity index (χ3v) is 2.67. The molecule has 0 radical (unpaired) electrons. The summed E-state index contributed by atoms with van der Waals surface area (Å²) in [6.07, 6.45) is 4.08. The van der Waals surface area contributed by atoms with Crippen LogP contribution in [0.4, 0.5) is 5.82 Å². The number of nitrogens with one attached hydrogen (secondary N) is 2. The second kappa shape index (κ2) is 5.93. The van der Waals surface area contributed by atoms with Crippen LogP contribution in [0.25, 0.3) is 0 Å². The van der Waals surface area contributed by atoms with E-state index < -0.39 is 0 Å². The molecule has 4 heteroatoms. The Morgan fingerprint density at radius 2 is 2.47 bits per heavy atom. The van der Waals surface area contributed by atoms with Gasteiger partial charge in [-0.2, -0.15) is 0 Å². The zero-order valence-electron chi connectivity index (χ0n) is 8.99. The van der Waals surface area contributed by atoms with Gasteiger partial charge in [-0.25, -0.2) is 4.98 Å². The summed E-state index contributed by atoms with van der Waals surface area (Å²) in [5.74, 6) is 1.06. The largest absolute Gasteiger partial charge is 0.366 e. The van der Waals surface area contributed by atoms with E-state index in [0.717, 1.165) is 25.3 Å². The van der Waals surface area contributed by atoms with E-state index in [-0.39, 0.29) is 12.4 Å². The minimum Gasteiger partial charge on any atom is -0.366 e. The van der Waals surface area contributed by atoms with Crippen molar-refractivity contribution in [2.24, 2.45) is 0 Å². The maximum Gasteiger partial charge on any atom is 0.129 e. The summed E-state index contributed by atoms with van der Waals surface area (Å²) in [7, 11) is 0. The molecule has 84 valence electrons. The SMILES string of the molecule is CCc1cccnc1NC1CCNC1.Cl. The maximum atomic E-state index is 4.37. The number of hydrogen-bond donors (Lipinski definition) is 2. The van der Waals surface area contributed by atoms with Crippen molar-refractivity contribution in [1.29, 1.82) is 0 Å². The van der Waals surface area contributed by atoms with E-state index in [1.807, 2.05) is 12.3 Å². The minimum absolute atomic E-state index is 0. The number of anilines is 1. The molecule has 1 atom stereocenters. The molecule has 1 aliphatic heterocycles. The van der Waals surface area contributed by atoms with Crippen LogP contribution in [0.2, 0.25) is 0 Å². The van der Waals surface area contributed by atoms with Gasteiger partial charge in [0.1, 0.15) is 5.82 Å². The first kappa shape index (κ1) is 12.3. The van der Waals surface area contributed by atoms with Crippen molar-refractivity contribution in [2.45, 2.75) is 25.8 Å². The van der Waals surface area contributed by atoms with Crippen molar-refractivity contribution in [3.05, 3.63) is 23.9 Å². The number of nitrogens with zero attached hydrogens (tertiary/aromatic N) is 1. The van der Waals surface area contributed by atoms with Crippen LogP contribution >= 0.6 is 12.4 Å². The van der Waals surface area contributed by atoms with Crippen LogP contribution in [0.1, 0.15) is 18.9 Å². The highest BCUT2D eigenvalue weighted by atomic mass is 35.5. The summed E-state index contributed by atoms with van der Waals surface area (Å²) in [4.78, 5) is 4.37. The highest BCUT2D eigenvalue weighted by Gasteiger charge is 2.15. The zero-order valence-corrected chi connectivity index (χ0v) is 9.81. The molecule has 1 aliphatic rings. The number of rotatable bonds is 3. The monoisotopic (exact) mass is 227 g/mol. The molecule has 1 saturated heterocycles. The van der Waals surface area contributed by atoms with E-state index in [4.69, 9.17) is 0 Å². The standard InChI is InChI=1S/C11H17N3.ClH/c1-2-9-4-3-6-13-11(9)14-10-5-7-12-8-10;/h3-4,6,10,12H,2,5,7-8H2,1H3,(H,13,14);1H. The molecule has 0 spiro atoms. The topological polar surface area (TPSA) is 37.0 Å². The van der Waals surface area contributed by atoms with Crippen molar-refractivity contribution in [2.75, 3.05) is 18.4 Å². The van der Waals surface area contributed by atoms with Gasteiger partial charge in [-0.05, 0) is 31.0 Å². The Kier molecular flexibility index (Phi) is 4.85. The number of halogens is 1. The van der Waals surface area contributed by atoms with Gasteiger partial charge in [-0.1, -0.05) is 13.0 Å². The first-order chi connectivity index (χ1) is 6.90. The third-order valence-electron chi connectivity index (χ3n) is 2.67. The first-order valence-electron chi connectivity index (χ1n) is 5.31. The van der Waals surface area contributed by atoms with Gasteiger partial charge >= 0.3 is 0 Å². The highest BCUT2D eigenvalue weighted by molar-refractivity contribution is 5.85. The lowest BCUT2D eigenvalue weighted by Crippen LogP contribution is -2.23. The maximum absolute atomic E-state index is 4.37. The van der Waals surface area contributed by atoms with Gasteiger partial charge in [0, 0.05) is 18.8 Å². The lowest BCUT2D eigenvalue weighted by molar-refractivity contribution is 0.785. The first-order valence-corrected chi connectivity index (χ1v) is 5.31. The molecule has 1 aromatic rings. The van der Waals surface area contributed by atoms with Crippen LogP contribution in [0.15, 0.2) is 18.3 Å². The van der Waals surface area contributed by atoms with E-state index in [1.54, 1.807) is 0 Å². The van der Waals surface area contributed by atoms with Crippen molar-refractivity contribution in [1.82, 2.24) is 10.3 Å². The number of aromatic nitrogens is 1. The summed E-state index contributed by atoms with van der Waals surface area (Å²) in [6, 6.07) is 4.68. The molecule has 0 aliphatic carbocycles. The van der Waals surface area contributed by atoms with Crippen LogP contribution in [-0.2, 0) is 6.42 Å². The molecule has 2 heterocycles. The Balaban J connectivity index is 0.00000112.